The molecule has 0 saturated heterocycles. The molecule has 2 amide bonds. The molecule has 0 aromatic heterocycles. The van der Waals surface area contributed by atoms with Gasteiger partial charge in [0.1, 0.15) is 11.1 Å². The smallest absolute Gasteiger partial charge is 0.408 e. The van der Waals surface area contributed by atoms with Crippen LogP contribution in [-0.4, -0.2) is 40.9 Å². The average Bonchev–Trinajstić information content (AvgIpc) is 2.51. The van der Waals surface area contributed by atoms with E-state index in [2.05, 4.69) is 10.6 Å². The maximum absolute atomic E-state index is 13.0. The Kier molecular flexibility index (Phi) is 6.89. The largest absolute Gasteiger partial charge is 0.504 e. The van der Waals surface area contributed by atoms with E-state index < -0.39 is 28.2 Å². The summed E-state index contributed by atoms with van der Waals surface area (Å²) in [5.74, 6) is 0.0772. The van der Waals surface area contributed by atoms with Crippen molar-refractivity contribution in [1.82, 2.24) is 10.6 Å². The summed E-state index contributed by atoms with van der Waals surface area (Å²) >= 11 is 0. The van der Waals surface area contributed by atoms with Gasteiger partial charge >= 0.3 is 6.09 Å². The molecule has 1 aromatic rings. The van der Waals surface area contributed by atoms with Gasteiger partial charge in [0, 0.05) is 11.0 Å². The molecule has 1 aromatic carbocycles. The van der Waals surface area contributed by atoms with Gasteiger partial charge in [-0.25, -0.2) is 4.79 Å². The third kappa shape index (κ3) is 6.02. The predicted molar refractivity (Wildman–Crippen MR) is 113 cm³/mol. The molecule has 0 heterocycles. The summed E-state index contributed by atoms with van der Waals surface area (Å²) in [6.45, 7) is 16.3. The summed E-state index contributed by atoms with van der Waals surface area (Å²) in [5, 5.41) is 15.5. The third-order valence-electron chi connectivity index (χ3n) is 5.27. The van der Waals surface area contributed by atoms with Crippen molar-refractivity contribution in [3.05, 3.63) is 23.8 Å². The molecule has 3 N–H and O–H groups in total. The summed E-state index contributed by atoms with van der Waals surface area (Å²) in [7, 11) is 1.49. The van der Waals surface area contributed by atoms with Gasteiger partial charge in [-0.3, -0.25) is 4.79 Å². The SMILES string of the molecule is COc1cc(C(C)(C)C(C)(C)NC(=O)C(C)(C)NC(=O)OC(C)(C)C)ccc1O. The third-order valence-corrected chi connectivity index (χ3v) is 5.27. The van der Waals surface area contributed by atoms with E-state index >= 15 is 0 Å². The number of rotatable bonds is 6. The zero-order chi connectivity index (χ0) is 22.8. The highest BCUT2D eigenvalue weighted by atomic mass is 16.6. The molecular formula is C22H36N2O5. The van der Waals surface area contributed by atoms with Crippen LogP contribution >= 0.6 is 0 Å². The van der Waals surface area contributed by atoms with Crippen LogP contribution in [0.15, 0.2) is 18.2 Å². The number of benzene rings is 1. The molecule has 0 aliphatic carbocycles. The summed E-state index contributed by atoms with van der Waals surface area (Å²) in [6.07, 6.45) is -0.655. The molecule has 164 valence electrons. The molecule has 0 fully saturated rings. The zero-order valence-corrected chi connectivity index (χ0v) is 19.3. The summed E-state index contributed by atoms with van der Waals surface area (Å²) in [4.78, 5) is 25.1. The average molecular weight is 409 g/mol. The highest BCUT2D eigenvalue weighted by Crippen LogP contribution is 2.39. The number of hydrogen-bond acceptors (Lipinski definition) is 5. The van der Waals surface area contributed by atoms with Crippen LogP contribution in [0.2, 0.25) is 0 Å². The molecule has 0 aliphatic heterocycles. The second-order valence-electron chi connectivity index (χ2n) is 9.84. The maximum atomic E-state index is 13.0. The number of hydrogen-bond donors (Lipinski definition) is 3. The molecule has 0 unspecified atom stereocenters. The van der Waals surface area contributed by atoms with E-state index in [1.54, 1.807) is 52.8 Å². The number of carbonyl (C=O) groups excluding carboxylic acids is 2. The number of phenolic OH excluding ortho intramolecular Hbond substituents is 1. The van der Waals surface area contributed by atoms with Crippen LogP contribution in [0.5, 0.6) is 11.5 Å². The minimum atomic E-state index is -1.18. The van der Waals surface area contributed by atoms with Gasteiger partial charge < -0.3 is 25.2 Å². The lowest BCUT2D eigenvalue weighted by Crippen LogP contribution is -2.63. The molecule has 7 heteroatoms. The lowest BCUT2D eigenvalue weighted by Gasteiger charge is -2.44. The van der Waals surface area contributed by atoms with Gasteiger partial charge in [-0.2, -0.15) is 0 Å². The Hall–Kier alpha value is -2.44. The summed E-state index contributed by atoms with van der Waals surface area (Å²) in [6, 6.07) is 5.13. The van der Waals surface area contributed by atoms with Crippen LogP contribution < -0.4 is 15.4 Å². The molecule has 29 heavy (non-hydrogen) atoms. The van der Waals surface area contributed by atoms with Crippen LogP contribution in [-0.2, 0) is 14.9 Å². The Morgan fingerprint density at radius 3 is 1.97 bits per heavy atom. The molecule has 0 aliphatic rings. The second kappa shape index (κ2) is 8.13. The maximum Gasteiger partial charge on any atom is 0.408 e. The molecule has 0 bridgehead atoms. The van der Waals surface area contributed by atoms with Gasteiger partial charge in [-0.15, -0.1) is 0 Å². The first-order valence-corrected chi connectivity index (χ1v) is 9.64. The van der Waals surface area contributed by atoms with Gasteiger partial charge in [0.15, 0.2) is 11.5 Å². The minimum Gasteiger partial charge on any atom is -0.504 e. The predicted octanol–water partition coefficient (Wildman–Crippen LogP) is 3.88. The fourth-order valence-electron chi connectivity index (χ4n) is 2.64. The van der Waals surface area contributed by atoms with E-state index in [9.17, 15) is 14.7 Å². The van der Waals surface area contributed by atoms with E-state index in [-0.39, 0.29) is 11.7 Å². The molecular weight excluding hydrogens is 372 g/mol. The fraction of sp³-hybridized carbons (Fsp3) is 0.636. The Morgan fingerprint density at radius 1 is 0.931 bits per heavy atom. The van der Waals surface area contributed by atoms with Crippen molar-refractivity contribution >= 4 is 12.0 Å². The molecule has 0 spiro atoms. The Morgan fingerprint density at radius 2 is 1.48 bits per heavy atom. The number of amides is 2. The van der Waals surface area contributed by atoms with Crippen LogP contribution in [0.3, 0.4) is 0 Å². The van der Waals surface area contributed by atoms with Crippen molar-refractivity contribution in [3.63, 3.8) is 0 Å². The number of nitrogens with one attached hydrogen (secondary N) is 2. The first-order chi connectivity index (χ1) is 12.9. The monoisotopic (exact) mass is 408 g/mol. The quantitative estimate of drug-likeness (QED) is 0.664. The van der Waals surface area contributed by atoms with Gasteiger partial charge in [0.05, 0.1) is 7.11 Å². The number of aromatic hydroxyl groups is 1. The van der Waals surface area contributed by atoms with Crippen molar-refractivity contribution in [2.45, 2.75) is 84.4 Å². The zero-order valence-electron chi connectivity index (χ0n) is 19.3. The second-order valence-corrected chi connectivity index (χ2v) is 9.84. The van der Waals surface area contributed by atoms with Gasteiger partial charge in [0.25, 0.3) is 0 Å². The highest BCUT2D eigenvalue weighted by molar-refractivity contribution is 5.89. The van der Waals surface area contributed by atoms with E-state index in [1.807, 2.05) is 27.7 Å². The van der Waals surface area contributed by atoms with E-state index in [0.29, 0.717) is 5.75 Å². The fourth-order valence-corrected chi connectivity index (χ4v) is 2.64. The van der Waals surface area contributed by atoms with Gasteiger partial charge in [-0.1, -0.05) is 19.9 Å². The van der Waals surface area contributed by atoms with Crippen LogP contribution in [0.1, 0.15) is 67.9 Å². The van der Waals surface area contributed by atoms with E-state index in [4.69, 9.17) is 9.47 Å². The van der Waals surface area contributed by atoms with Crippen LogP contribution in [0.25, 0.3) is 0 Å². The topological polar surface area (TPSA) is 96.9 Å². The van der Waals surface area contributed by atoms with Gasteiger partial charge in [0.2, 0.25) is 5.91 Å². The number of phenols is 1. The lowest BCUT2D eigenvalue weighted by atomic mass is 9.69. The summed E-state index contributed by atoms with van der Waals surface area (Å²) < 4.78 is 10.5. The van der Waals surface area contributed by atoms with Crippen molar-refractivity contribution in [1.29, 1.82) is 0 Å². The van der Waals surface area contributed by atoms with E-state index in [0.717, 1.165) is 5.56 Å². The number of alkyl carbamates (subject to hydrolysis) is 1. The molecule has 0 saturated carbocycles. The van der Waals surface area contributed by atoms with E-state index in [1.165, 1.54) is 7.11 Å². The molecule has 0 atom stereocenters. The highest BCUT2D eigenvalue weighted by Gasteiger charge is 2.43. The Labute approximate surface area is 174 Å². The Balaban J connectivity index is 3.04. The van der Waals surface area contributed by atoms with Crippen LogP contribution in [0.4, 0.5) is 4.79 Å². The number of methoxy groups -OCH3 is 1. The Bertz CT molecular complexity index is 761. The summed E-state index contributed by atoms with van der Waals surface area (Å²) in [5.41, 5.74) is -2.17. The molecule has 7 nitrogen and oxygen atoms in total. The number of ether oxygens (including phenoxy) is 2. The first-order valence-electron chi connectivity index (χ1n) is 9.64. The van der Waals surface area contributed by atoms with Crippen molar-refractivity contribution in [3.8, 4) is 11.5 Å². The van der Waals surface area contributed by atoms with Crippen molar-refractivity contribution < 1.29 is 24.2 Å². The standard InChI is InChI=1S/C22H36N2O5/c1-19(2,3)29-18(27)24-21(6,7)17(26)23-22(8,9)20(4,5)14-11-12-15(25)16(13-14)28-10/h11-13,25H,1-10H3,(H,23,26)(H,24,27). The van der Waals surface area contributed by atoms with Gasteiger partial charge in [-0.05, 0) is 66.2 Å². The first kappa shape index (κ1) is 24.6. The van der Waals surface area contributed by atoms with Crippen molar-refractivity contribution in [2.75, 3.05) is 7.11 Å². The normalized spacial score (nSPS) is 12.9. The molecule has 1 rings (SSSR count). The number of carbonyl (C=O) groups is 2. The minimum absolute atomic E-state index is 0.0524. The van der Waals surface area contributed by atoms with Crippen LogP contribution in [0, 0.1) is 0 Å². The lowest BCUT2D eigenvalue weighted by molar-refractivity contribution is -0.128. The van der Waals surface area contributed by atoms with Crippen molar-refractivity contribution in [2.24, 2.45) is 0 Å². The molecule has 0 radical (unpaired) electrons.